The number of nitro groups is 4. The lowest BCUT2D eigenvalue weighted by molar-refractivity contribution is -0.385. The van der Waals surface area contributed by atoms with Crippen molar-refractivity contribution in [1.82, 2.24) is 4.98 Å². The summed E-state index contributed by atoms with van der Waals surface area (Å²) in [6, 6.07) is 84.0. The highest BCUT2D eigenvalue weighted by atomic mass is 127. The van der Waals surface area contributed by atoms with E-state index >= 15 is 0 Å². The quantitative estimate of drug-likeness (QED) is 0.0377. The second-order valence-electron chi connectivity index (χ2n) is 30.7. The first-order chi connectivity index (χ1) is 58.7. The molecule has 1 aromatic heterocycles. The molecule has 12 aromatic carbocycles. The second kappa shape index (κ2) is 46.2. The summed E-state index contributed by atoms with van der Waals surface area (Å²) < 4.78 is 41.1. The molecule has 0 bridgehead atoms. The fourth-order valence-electron chi connectivity index (χ4n) is 11.8. The van der Waals surface area contributed by atoms with Crippen LogP contribution in [-0.2, 0) is 27.9 Å². The van der Waals surface area contributed by atoms with E-state index in [0.717, 1.165) is 49.0 Å². The molecule has 3 saturated heterocycles. The molecule has 125 heavy (non-hydrogen) atoms. The third-order valence-corrected chi connectivity index (χ3v) is 25.8. The molecule has 16 rings (SSSR count). The van der Waals surface area contributed by atoms with Crippen LogP contribution in [0.25, 0.3) is 55.2 Å². The van der Waals surface area contributed by atoms with Gasteiger partial charge in [0.1, 0.15) is 0 Å². The summed E-state index contributed by atoms with van der Waals surface area (Å²) in [4.78, 5) is 44.8. The number of halogens is 10. The lowest BCUT2D eigenvalue weighted by Gasteiger charge is -2.32. The van der Waals surface area contributed by atoms with Gasteiger partial charge < -0.3 is 43.0 Å². The number of aromatic nitrogens is 1. The van der Waals surface area contributed by atoms with Crippen molar-refractivity contribution < 1.29 is 57.7 Å². The molecule has 0 amide bonds. The molecule has 13 aromatic rings. The highest BCUT2D eigenvalue weighted by Gasteiger charge is 2.64. The highest BCUT2D eigenvalue weighted by molar-refractivity contribution is 14.1. The van der Waals surface area contributed by atoms with Crippen molar-refractivity contribution in [3.63, 3.8) is 0 Å². The van der Waals surface area contributed by atoms with Crippen molar-refractivity contribution in [3.05, 3.63) is 365 Å². The average molecular weight is 2250 g/mol. The molecule has 0 radical (unpaired) electrons. The van der Waals surface area contributed by atoms with E-state index in [1.165, 1.54) is 38.8 Å². The van der Waals surface area contributed by atoms with E-state index in [4.69, 9.17) is 84.4 Å². The lowest BCUT2D eigenvalue weighted by atomic mass is 9.49. The van der Waals surface area contributed by atoms with Crippen LogP contribution in [0.1, 0.15) is 83.1 Å². The normalized spacial score (nSPS) is 14.8. The van der Waals surface area contributed by atoms with E-state index in [1.54, 1.807) is 133 Å². The fourth-order valence-corrected chi connectivity index (χ4v) is 15.5. The van der Waals surface area contributed by atoms with E-state index in [2.05, 4.69) is 156 Å². The second-order valence-corrected chi connectivity index (χ2v) is 38.4. The maximum atomic E-state index is 11.0. The van der Waals surface area contributed by atoms with Crippen LogP contribution in [-0.4, -0.2) is 96.6 Å². The van der Waals surface area contributed by atoms with Gasteiger partial charge in [-0.1, -0.05) is 258 Å². The van der Waals surface area contributed by atoms with Gasteiger partial charge in [-0.15, -0.1) is 0 Å². The third-order valence-electron chi connectivity index (χ3n) is 20.5. The van der Waals surface area contributed by atoms with Crippen LogP contribution in [0.4, 0.5) is 22.7 Å². The molecule has 648 valence electrons. The Balaban J connectivity index is 0.000000177. The first kappa shape index (κ1) is 103. The Kier molecular flexibility index (Phi) is 38.0. The number of para-hydroxylation sites is 5. The van der Waals surface area contributed by atoms with E-state index in [-0.39, 0.29) is 45.2 Å². The van der Waals surface area contributed by atoms with Gasteiger partial charge in [0, 0.05) is 87.8 Å². The minimum absolute atomic E-state index is 0.0241. The van der Waals surface area contributed by atoms with Crippen molar-refractivity contribution in [3.8, 4) is 33.4 Å². The van der Waals surface area contributed by atoms with Crippen molar-refractivity contribution >= 4 is 239 Å². The van der Waals surface area contributed by atoms with Crippen molar-refractivity contribution in [2.45, 2.75) is 117 Å². The molecule has 21 nitrogen and oxygen atoms in total. The van der Waals surface area contributed by atoms with Crippen molar-refractivity contribution in [1.29, 1.82) is 0 Å². The zero-order chi connectivity index (χ0) is 92.1. The van der Waals surface area contributed by atoms with Crippen LogP contribution >= 0.6 is 155 Å². The highest BCUT2D eigenvalue weighted by Crippen LogP contribution is 2.45. The molecule has 0 saturated carbocycles. The number of H-pyrrole nitrogens is 1. The lowest BCUT2D eigenvalue weighted by Crippen LogP contribution is -2.41. The molecule has 0 atom stereocenters. The predicted octanol–water partition coefficient (Wildman–Crippen LogP) is 26.9. The van der Waals surface area contributed by atoms with Gasteiger partial charge in [0.25, 0.3) is 22.7 Å². The topological polar surface area (TPSA) is 284 Å². The Morgan fingerprint density at radius 2 is 0.720 bits per heavy atom. The van der Waals surface area contributed by atoms with Crippen LogP contribution in [0.15, 0.2) is 297 Å². The minimum atomic E-state index is -1.34. The number of hydrogen-bond acceptors (Lipinski definition) is 16. The van der Waals surface area contributed by atoms with E-state index in [1.807, 2.05) is 162 Å². The Bertz CT molecular complexity index is 5700. The SMILES string of the molecule is CC1(C)OB(B2OC(C)(C)C(C)(C)O2)OC1(C)C.CC1(C)OB(c2ccccc2[N+](=O)[O-])OC1(C)C.Clc1cc(-c2ccccc2)cc2[nH]c3ccccc3c12.Clc1cc(Br)ccc1I.Ic1ccccc1.O=[N+]([O-])c1ccccc1-c1ccc(Br)cc1Cl.O=[N+]([O-])c1ccccc1-c1ccc(Br)cc1Cl.O=[N+]([O-])c1ccccc1Br.OB(O)c1ccccc1. The summed E-state index contributed by atoms with van der Waals surface area (Å²) in [7, 11) is -2.99. The molecule has 0 unspecified atom stereocenters. The van der Waals surface area contributed by atoms with Crippen LogP contribution in [0.5, 0.6) is 0 Å². The summed E-state index contributed by atoms with van der Waals surface area (Å²) in [6.07, 6.45) is 0. The Morgan fingerprint density at radius 1 is 0.360 bits per heavy atom. The van der Waals surface area contributed by atoms with Crippen LogP contribution in [0.2, 0.25) is 20.1 Å². The van der Waals surface area contributed by atoms with Gasteiger partial charge >= 0.3 is 28.3 Å². The van der Waals surface area contributed by atoms with Gasteiger partial charge in [-0.05, 0) is 252 Å². The van der Waals surface area contributed by atoms with Gasteiger partial charge in [-0.25, -0.2) is 0 Å². The van der Waals surface area contributed by atoms with Crippen LogP contribution in [0.3, 0.4) is 0 Å². The number of nitro benzene ring substituents is 4. The predicted molar refractivity (Wildman–Crippen MR) is 538 cm³/mol. The Hall–Kier alpha value is -7.48. The maximum Gasteiger partial charge on any atom is 0.501 e. The van der Waals surface area contributed by atoms with Crippen LogP contribution < -0.4 is 10.9 Å². The fraction of sp³-hybridized carbons (Fsp3) is 0.200. The Morgan fingerprint density at radius 3 is 1.10 bits per heavy atom. The molecule has 0 aliphatic carbocycles. The molecule has 3 fully saturated rings. The van der Waals surface area contributed by atoms with Crippen LogP contribution in [0, 0.1) is 47.6 Å². The monoisotopic (exact) mass is 2240 g/mol. The van der Waals surface area contributed by atoms with Gasteiger partial charge in [0.15, 0.2) is 0 Å². The number of fused-ring (bicyclic) bond motifs is 3. The average Bonchev–Trinajstić information content (AvgIpc) is 1.59. The van der Waals surface area contributed by atoms with Crippen molar-refractivity contribution in [2.75, 3.05) is 0 Å². The molecular formula is C90H85B4Br4Cl4I2N5O16. The van der Waals surface area contributed by atoms with Gasteiger partial charge in [0.05, 0.1) is 84.4 Å². The van der Waals surface area contributed by atoms with Crippen molar-refractivity contribution in [2.24, 2.45) is 0 Å². The van der Waals surface area contributed by atoms with E-state index < -0.39 is 59.2 Å². The number of rotatable bonds is 10. The smallest absolute Gasteiger partial charge is 0.423 e. The van der Waals surface area contributed by atoms with E-state index in [9.17, 15) is 40.5 Å². The largest absolute Gasteiger partial charge is 0.501 e. The summed E-state index contributed by atoms with van der Waals surface area (Å²) >= 11 is 41.9. The molecule has 0 spiro atoms. The number of aromatic amines is 1. The van der Waals surface area contributed by atoms with E-state index in [0.29, 0.717) is 47.7 Å². The molecule has 4 heterocycles. The summed E-state index contributed by atoms with van der Waals surface area (Å²) in [5.41, 5.74) is 5.64. The molecular weight excluding hydrogens is 2170 g/mol. The number of hydrogen-bond donors (Lipinski definition) is 3. The maximum absolute atomic E-state index is 11.0. The number of nitrogens with one attached hydrogen (secondary N) is 1. The van der Waals surface area contributed by atoms with Gasteiger partial charge in [0.2, 0.25) is 0 Å². The standard InChI is InChI=1S/C18H12ClN.C12H24B2O4.C12H16BNO4.2C12H7BrClNO2.C6H7BO2.C6H3BrClI.C6H4BrNO2.C6H5I/c19-15-10-13(12-6-2-1-3-7-12)11-17-18(15)14-8-4-5-9-16(14)20-17;1-9(2)10(3,4)16-13(15-9)14-17-11(5,6)12(7,8)18-14;1-11(2)12(3,4)18-13(17-11)9-7-5-6-8-10(9)14(15)16;2*13-8-5-6-9(11(14)7-8)10-3-1-2-4-12(10)15(16)17;8-7(9)6-4-2-1-3-5-6;7-4-1-2-6(9)5(8)3-4;7-5-3-1-2-4-6(5)8(9)10;7-6-4-2-1-3-5-6/h1-11,20H;1-8H3;5-8H,1-4H3;2*1-7H;1-5,8-9H;1-3H;1-4H;1-5H. The first-order valence-electron chi connectivity index (χ1n) is 38.3. The summed E-state index contributed by atoms with van der Waals surface area (Å²) in [6.45, 7) is 23.9. The molecule has 3 aliphatic heterocycles. The van der Waals surface area contributed by atoms with Gasteiger partial charge in [-0.3, -0.25) is 40.5 Å². The molecule has 35 heteroatoms. The zero-order valence-electron chi connectivity index (χ0n) is 69.5. The summed E-state index contributed by atoms with van der Waals surface area (Å²) in [5, 5.41) is 65.0. The molecule has 3 N–H and O–H groups in total. The molecule has 3 aliphatic rings. The number of benzene rings is 12. The summed E-state index contributed by atoms with van der Waals surface area (Å²) in [5.74, 6) is 0. The zero-order valence-corrected chi connectivity index (χ0v) is 83.2. The third kappa shape index (κ3) is 28.5. The van der Waals surface area contributed by atoms with Gasteiger partial charge in [-0.2, -0.15) is 0 Å². The minimum Gasteiger partial charge on any atom is -0.423 e. The Labute approximate surface area is 808 Å². The number of nitrogens with zero attached hydrogens (tertiary/aromatic N) is 4. The first-order valence-corrected chi connectivity index (χ1v) is 45.1.